The first-order valence-corrected chi connectivity index (χ1v) is 6.53. The monoisotopic (exact) mass is 288 g/mol. The molecule has 0 spiro atoms. The van der Waals surface area contributed by atoms with Gasteiger partial charge < -0.3 is 10.6 Å². The molecule has 1 atom stereocenters. The number of hydrogen-bond acceptors (Lipinski definition) is 5. The average Bonchev–Trinajstić information content (AvgIpc) is 3.01. The van der Waals surface area contributed by atoms with Crippen LogP contribution in [0.2, 0.25) is 0 Å². The van der Waals surface area contributed by atoms with Gasteiger partial charge in [-0.2, -0.15) is 5.21 Å². The largest absolute Gasteiger partial charge is 0.345 e. The number of hydrogen-bond donors (Lipinski definition) is 3. The molecule has 0 saturated heterocycles. The number of carbonyl (C=O) groups excluding carboxylic acids is 1. The zero-order chi connectivity index (χ0) is 12.8. The lowest BCUT2D eigenvalue weighted by atomic mass is 10.1. The molecule has 108 valence electrons. The normalized spacial score (nSPS) is 15.6. The van der Waals surface area contributed by atoms with Gasteiger partial charge in [-0.25, -0.2) is 0 Å². The minimum Gasteiger partial charge on any atom is -0.345 e. The summed E-state index contributed by atoms with van der Waals surface area (Å²) in [6, 6.07) is -0.149. The SMILES string of the molecule is CCCC(NC(=O)CNCC1CC1)c1nn[nH]n1.Cl. The van der Waals surface area contributed by atoms with Crippen LogP contribution in [0.25, 0.3) is 0 Å². The van der Waals surface area contributed by atoms with E-state index in [9.17, 15) is 4.79 Å². The van der Waals surface area contributed by atoms with Gasteiger partial charge in [-0.05, 0) is 31.7 Å². The van der Waals surface area contributed by atoms with Gasteiger partial charge in [0.25, 0.3) is 0 Å². The minimum atomic E-state index is -0.149. The van der Waals surface area contributed by atoms with Crippen molar-refractivity contribution in [2.45, 2.75) is 38.6 Å². The molecule has 8 heteroatoms. The minimum absolute atomic E-state index is 0. The Kier molecular flexibility index (Phi) is 6.72. The van der Waals surface area contributed by atoms with E-state index in [0.29, 0.717) is 12.4 Å². The molecule has 1 heterocycles. The van der Waals surface area contributed by atoms with Crippen LogP contribution >= 0.6 is 12.4 Å². The van der Waals surface area contributed by atoms with Crippen LogP contribution in [0.1, 0.15) is 44.5 Å². The van der Waals surface area contributed by atoms with Gasteiger partial charge in [0.15, 0.2) is 5.82 Å². The van der Waals surface area contributed by atoms with E-state index < -0.39 is 0 Å². The molecule has 7 nitrogen and oxygen atoms in total. The Morgan fingerprint density at radius 3 is 2.89 bits per heavy atom. The van der Waals surface area contributed by atoms with Gasteiger partial charge >= 0.3 is 0 Å². The standard InChI is InChI=1S/C11H20N6O.ClH/c1-2-3-9(11-14-16-17-15-11)13-10(18)7-12-6-8-4-5-8;/h8-9,12H,2-7H2,1H3,(H,13,18)(H,14,15,16,17);1H. The first-order chi connectivity index (χ1) is 8.79. The van der Waals surface area contributed by atoms with E-state index in [4.69, 9.17) is 0 Å². The van der Waals surface area contributed by atoms with Crippen molar-refractivity contribution >= 4 is 18.3 Å². The molecule has 1 fully saturated rings. The molecule has 0 bridgehead atoms. The lowest BCUT2D eigenvalue weighted by Crippen LogP contribution is -2.37. The highest BCUT2D eigenvalue weighted by molar-refractivity contribution is 5.85. The number of H-pyrrole nitrogens is 1. The Morgan fingerprint density at radius 2 is 2.32 bits per heavy atom. The zero-order valence-corrected chi connectivity index (χ0v) is 11.9. The summed E-state index contributed by atoms with van der Waals surface area (Å²) >= 11 is 0. The number of aromatic amines is 1. The van der Waals surface area contributed by atoms with Crippen LogP contribution in [0.15, 0.2) is 0 Å². The molecule has 1 aromatic heterocycles. The molecule has 1 unspecified atom stereocenters. The van der Waals surface area contributed by atoms with Gasteiger partial charge in [0, 0.05) is 0 Å². The first-order valence-electron chi connectivity index (χ1n) is 6.53. The summed E-state index contributed by atoms with van der Waals surface area (Å²) in [5.74, 6) is 1.31. The molecule has 2 rings (SSSR count). The van der Waals surface area contributed by atoms with Crippen molar-refractivity contribution < 1.29 is 4.79 Å². The van der Waals surface area contributed by atoms with Crippen molar-refractivity contribution in [3.05, 3.63) is 5.82 Å². The topological polar surface area (TPSA) is 95.6 Å². The van der Waals surface area contributed by atoms with E-state index in [2.05, 4.69) is 38.2 Å². The molecule has 1 saturated carbocycles. The van der Waals surface area contributed by atoms with Crippen molar-refractivity contribution in [1.29, 1.82) is 0 Å². The maximum Gasteiger partial charge on any atom is 0.234 e. The quantitative estimate of drug-likeness (QED) is 0.650. The van der Waals surface area contributed by atoms with Gasteiger partial charge in [-0.15, -0.1) is 22.6 Å². The van der Waals surface area contributed by atoms with Crippen molar-refractivity contribution in [2.75, 3.05) is 13.1 Å². The Labute approximate surface area is 118 Å². The van der Waals surface area contributed by atoms with Crippen LogP contribution in [-0.2, 0) is 4.79 Å². The average molecular weight is 289 g/mol. The van der Waals surface area contributed by atoms with Crippen LogP contribution in [0.4, 0.5) is 0 Å². The summed E-state index contributed by atoms with van der Waals surface area (Å²) in [6.07, 6.45) is 4.34. The Hall–Kier alpha value is -1.21. The van der Waals surface area contributed by atoms with Crippen LogP contribution < -0.4 is 10.6 Å². The molecule has 1 aliphatic rings. The van der Waals surface area contributed by atoms with Crippen molar-refractivity contribution in [2.24, 2.45) is 5.92 Å². The van der Waals surface area contributed by atoms with Crippen molar-refractivity contribution in [3.63, 3.8) is 0 Å². The van der Waals surface area contributed by atoms with Crippen molar-refractivity contribution in [1.82, 2.24) is 31.3 Å². The zero-order valence-electron chi connectivity index (χ0n) is 11.1. The molecule has 1 amide bonds. The van der Waals surface area contributed by atoms with Gasteiger partial charge in [-0.3, -0.25) is 4.79 Å². The van der Waals surface area contributed by atoms with E-state index in [1.807, 2.05) is 0 Å². The van der Waals surface area contributed by atoms with E-state index in [1.54, 1.807) is 0 Å². The van der Waals surface area contributed by atoms with Gasteiger partial charge in [0.05, 0.1) is 12.6 Å². The third kappa shape index (κ3) is 5.52. The number of carbonyl (C=O) groups is 1. The van der Waals surface area contributed by atoms with Crippen LogP contribution in [0, 0.1) is 5.92 Å². The summed E-state index contributed by atoms with van der Waals surface area (Å²) in [5, 5.41) is 19.9. The first kappa shape index (κ1) is 15.8. The number of nitrogens with one attached hydrogen (secondary N) is 3. The highest BCUT2D eigenvalue weighted by atomic mass is 35.5. The highest BCUT2D eigenvalue weighted by Gasteiger charge is 2.21. The molecular formula is C11H21ClN6O. The molecule has 3 N–H and O–H groups in total. The molecule has 0 aromatic carbocycles. The summed E-state index contributed by atoms with van der Waals surface area (Å²) in [6.45, 7) is 3.35. The fourth-order valence-electron chi connectivity index (χ4n) is 1.83. The molecular weight excluding hydrogens is 268 g/mol. The van der Waals surface area contributed by atoms with Crippen LogP contribution in [-0.4, -0.2) is 39.6 Å². The second-order valence-electron chi connectivity index (χ2n) is 4.75. The smallest absolute Gasteiger partial charge is 0.234 e. The summed E-state index contributed by atoms with van der Waals surface area (Å²) in [4.78, 5) is 11.8. The molecule has 0 radical (unpaired) electrons. The third-order valence-electron chi connectivity index (χ3n) is 3.00. The Balaban J connectivity index is 0.00000180. The number of tetrazole rings is 1. The number of halogens is 1. The number of aromatic nitrogens is 4. The molecule has 0 aliphatic heterocycles. The predicted octanol–water partition coefficient (Wildman–Crippen LogP) is 0.578. The van der Waals surface area contributed by atoms with Gasteiger partial charge in [0.1, 0.15) is 0 Å². The fraction of sp³-hybridized carbons (Fsp3) is 0.818. The molecule has 1 aliphatic carbocycles. The van der Waals surface area contributed by atoms with E-state index in [0.717, 1.165) is 25.3 Å². The number of amides is 1. The summed E-state index contributed by atoms with van der Waals surface area (Å²) < 4.78 is 0. The highest BCUT2D eigenvalue weighted by Crippen LogP contribution is 2.27. The maximum absolute atomic E-state index is 11.8. The lowest BCUT2D eigenvalue weighted by Gasteiger charge is -2.14. The van der Waals surface area contributed by atoms with Gasteiger partial charge in [0.2, 0.25) is 5.91 Å². The summed E-state index contributed by atoms with van der Waals surface area (Å²) in [7, 11) is 0. The predicted molar refractivity (Wildman–Crippen MR) is 72.8 cm³/mol. The van der Waals surface area contributed by atoms with E-state index in [1.165, 1.54) is 12.8 Å². The van der Waals surface area contributed by atoms with Crippen molar-refractivity contribution in [3.8, 4) is 0 Å². The third-order valence-corrected chi connectivity index (χ3v) is 3.00. The molecule has 19 heavy (non-hydrogen) atoms. The van der Waals surface area contributed by atoms with Crippen LogP contribution in [0.5, 0.6) is 0 Å². The number of rotatable bonds is 8. The van der Waals surface area contributed by atoms with E-state index >= 15 is 0 Å². The van der Waals surface area contributed by atoms with Gasteiger partial charge in [-0.1, -0.05) is 18.6 Å². The Morgan fingerprint density at radius 1 is 1.53 bits per heavy atom. The van der Waals surface area contributed by atoms with E-state index in [-0.39, 0.29) is 24.4 Å². The Bertz CT molecular complexity index is 367. The fourth-order valence-corrected chi connectivity index (χ4v) is 1.83. The second kappa shape index (κ2) is 8.06. The molecule has 1 aromatic rings. The lowest BCUT2D eigenvalue weighted by molar-refractivity contribution is -0.121. The number of nitrogens with zero attached hydrogens (tertiary/aromatic N) is 3. The summed E-state index contributed by atoms with van der Waals surface area (Å²) in [5.41, 5.74) is 0. The second-order valence-corrected chi connectivity index (χ2v) is 4.75. The van der Waals surface area contributed by atoms with Crippen LogP contribution in [0.3, 0.4) is 0 Å². The maximum atomic E-state index is 11.8.